The molecule has 1 aromatic rings. The standard InChI is InChI=1S/C12H22N4S/c1-9-11(7-14-16(9)3)12(6-13)15(2)10-4-5-17-8-10/h7,10,12H,4-6,8,13H2,1-3H3. The molecule has 1 saturated heterocycles. The number of hydrogen-bond donors (Lipinski definition) is 1. The summed E-state index contributed by atoms with van der Waals surface area (Å²) in [6.07, 6.45) is 3.24. The zero-order chi connectivity index (χ0) is 12.4. The maximum Gasteiger partial charge on any atom is 0.0540 e. The molecule has 2 heterocycles. The molecule has 1 aliphatic rings. The van der Waals surface area contributed by atoms with Crippen LogP contribution in [0.5, 0.6) is 0 Å². The Labute approximate surface area is 108 Å². The van der Waals surface area contributed by atoms with E-state index in [0.29, 0.717) is 18.6 Å². The van der Waals surface area contributed by atoms with E-state index < -0.39 is 0 Å². The maximum absolute atomic E-state index is 5.97. The van der Waals surface area contributed by atoms with Crippen LogP contribution >= 0.6 is 11.8 Å². The second-order valence-electron chi connectivity index (χ2n) is 4.74. The number of aromatic nitrogens is 2. The monoisotopic (exact) mass is 254 g/mol. The van der Waals surface area contributed by atoms with Crippen LogP contribution < -0.4 is 5.73 Å². The van der Waals surface area contributed by atoms with E-state index in [9.17, 15) is 0 Å². The summed E-state index contributed by atoms with van der Waals surface area (Å²) in [5, 5.41) is 4.32. The number of rotatable bonds is 4. The van der Waals surface area contributed by atoms with Gasteiger partial charge in [0, 0.05) is 36.6 Å². The molecule has 2 N–H and O–H groups in total. The minimum atomic E-state index is 0.299. The normalized spacial score (nSPS) is 22.3. The SMILES string of the molecule is Cc1c(C(CN)N(C)C2CCSC2)cnn1C. The Morgan fingerprint density at radius 1 is 1.71 bits per heavy atom. The molecule has 0 bridgehead atoms. The van der Waals surface area contributed by atoms with Gasteiger partial charge in [-0.3, -0.25) is 9.58 Å². The van der Waals surface area contributed by atoms with E-state index in [0.717, 1.165) is 0 Å². The summed E-state index contributed by atoms with van der Waals surface area (Å²) < 4.78 is 1.93. The van der Waals surface area contributed by atoms with E-state index >= 15 is 0 Å². The summed E-state index contributed by atoms with van der Waals surface area (Å²) in [5.74, 6) is 2.50. The number of aryl methyl sites for hydroxylation is 1. The maximum atomic E-state index is 5.97. The molecule has 0 saturated carbocycles. The summed E-state index contributed by atoms with van der Waals surface area (Å²) in [5.41, 5.74) is 8.46. The lowest BCUT2D eigenvalue weighted by Gasteiger charge is -2.31. The number of likely N-dealkylation sites (N-methyl/N-ethyl adjacent to an activating group) is 1. The smallest absolute Gasteiger partial charge is 0.0540 e. The van der Waals surface area contributed by atoms with Crippen molar-refractivity contribution in [1.82, 2.24) is 14.7 Å². The van der Waals surface area contributed by atoms with Gasteiger partial charge in [-0.05, 0) is 26.1 Å². The Kier molecular flexibility index (Phi) is 4.12. The van der Waals surface area contributed by atoms with Gasteiger partial charge in [0.05, 0.1) is 12.2 Å². The highest BCUT2D eigenvalue weighted by Gasteiger charge is 2.27. The Morgan fingerprint density at radius 3 is 2.94 bits per heavy atom. The zero-order valence-corrected chi connectivity index (χ0v) is 11.7. The van der Waals surface area contributed by atoms with Crippen LogP contribution in [-0.4, -0.2) is 45.8 Å². The van der Waals surface area contributed by atoms with Gasteiger partial charge in [-0.1, -0.05) is 0 Å². The van der Waals surface area contributed by atoms with Gasteiger partial charge in [0.25, 0.3) is 0 Å². The molecule has 5 heteroatoms. The lowest BCUT2D eigenvalue weighted by molar-refractivity contribution is 0.192. The van der Waals surface area contributed by atoms with Crippen LogP contribution in [0, 0.1) is 6.92 Å². The van der Waals surface area contributed by atoms with Crippen molar-refractivity contribution >= 4 is 11.8 Å². The molecule has 96 valence electrons. The third-order valence-corrected chi connectivity index (χ3v) is 4.97. The van der Waals surface area contributed by atoms with Crippen LogP contribution in [0.3, 0.4) is 0 Å². The molecular weight excluding hydrogens is 232 g/mol. The summed E-state index contributed by atoms with van der Waals surface area (Å²) in [4.78, 5) is 2.43. The minimum absolute atomic E-state index is 0.299. The number of nitrogens with two attached hydrogens (primary N) is 1. The van der Waals surface area contributed by atoms with Gasteiger partial charge in [-0.15, -0.1) is 0 Å². The van der Waals surface area contributed by atoms with Crippen molar-refractivity contribution in [2.24, 2.45) is 12.8 Å². The van der Waals surface area contributed by atoms with Gasteiger partial charge in [-0.2, -0.15) is 16.9 Å². The van der Waals surface area contributed by atoms with E-state index in [-0.39, 0.29) is 0 Å². The third kappa shape index (κ3) is 2.51. The van der Waals surface area contributed by atoms with Crippen molar-refractivity contribution in [2.45, 2.75) is 25.4 Å². The summed E-state index contributed by atoms with van der Waals surface area (Å²) in [6, 6.07) is 0.959. The van der Waals surface area contributed by atoms with Crippen LogP contribution in [0.15, 0.2) is 6.20 Å². The van der Waals surface area contributed by atoms with Crippen molar-refractivity contribution in [2.75, 3.05) is 25.1 Å². The molecule has 2 unspecified atom stereocenters. The first-order chi connectivity index (χ1) is 8.15. The molecule has 0 spiro atoms. The van der Waals surface area contributed by atoms with Crippen molar-refractivity contribution < 1.29 is 0 Å². The van der Waals surface area contributed by atoms with Crippen LogP contribution in [0.25, 0.3) is 0 Å². The highest BCUT2D eigenvalue weighted by molar-refractivity contribution is 7.99. The van der Waals surface area contributed by atoms with Crippen LogP contribution in [0.2, 0.25) is 0 Å². The number of thioether (sulfide) groups is 1. The van der Waals surface area contributed by atoms with Gasteiger partial charge < -0.3 is 5.73 Å². The Hall–Kier alpha value is -0.520. The second-order valence-corrected chi connectivity index (χ2v) is 5.89. The molecule has 1 fully saturated rings. The van der Waals surface area contributed by atoms with Gasteiger partial charge >= 0.3 is 0 Å². The fourth-order valence-corrected chi connectivity index (χ4v) is 3.73. The predicted molar refractivity (Wildman–Crippen MR) is 73.2 cm³/mol. The van der Waals surface area contributed by atoms with Gasteiger partial charge in [0.15, 0.2) is 0 Å². The third-order valence-electron chi connectivity index (χ3n) is 3.83. The second kappa shape index (κ2) is 5.42. The molecule has 1 aromatic heterocycles. The quantitative estimate of drug-likeness (QED) is 0.876. The molecule has 0 aliphatic carbocycles. The predicted octanol–water partition coefficient (Wildman–Crippen LogP) is 1.17. The molecule has 1 aliphatic heterocycles. The van der Waals surface area contributed by atoms with Crippen LogP contribution in [-0.2, 0) is 7.05 Å². The topological polar surface area (TPSA) is 47.1 Å². The number of nitrogens with zero attached hydrogens (tertiary/aromatic N) is 3. The molecule has 2 rings (SSSR count). The first-order valence-electron chi connectivity index (χ1n) is 6.13. The molecule has 0 aromatic carbocycles. The molecule has 2 atom stereocenters. The van der Waals surface area contributed by atoms with Crippen molar-refractivity contribution in [3.63, 3.8) is 0 Å². The van der Waals surface area contributed by atoms with Crippen LogP contribution in [0.4, 0.5) is 0 Å². The lowest BCUT2D eigenvalue weighted by Crippen LogP contribution is -2.38. The van der Waals surface area contributed by atoms with Gasteiger partial charge in [-0.25, -0.2) is 0 Å². The summed E-state index contributed by atoms with van der Waals surface area (Å²) in [6.45, 7) is 2.77. The summed E-state index contributed by atoms with van der Waals surface area (Å²) >= 11 is 2.04. The van der Waals surface area contributed by atoms with Crippen LogP contribution in [0.1, 0.15) is 23.7 Å². The molecule has 0 radical (unpaired) electrons. The average Bonchev–Trinajstić information content (AvgIpc) is 2.94. The molecule has 17 heavy (non-hydrogen) atoms. The molecular formula is C12H22N4S. The summed E-state index contributed by atoms with van der Waals surface area (Å²) in [7, 11) is 4.18. The fraction of sp³-hybridized carbons (Fsp3) is 0.750. The average molecular weight is 254 g/mol. The van der Waals surface area contributed by atoms with Crippen molar-refractivity contribution in [3.8, 4) is 0 Å². The zero-order valence-electron chi connectivity index (χ0n) is 10.9. The van der Waals surface area contributed by atoms with Gasteiger partial charge in [0.1, 0.15) is 0 Å². The Bertz CT molecular complexity index is 371. The van der Waals surface area contributed by atoms with E-state index in [2.05, 4.69) is 24.0 Å². The minimum Gasteiger partial charge on any atom is -0.329 e. The highest BCUT2D eigenvalue weighted by Crippen LogP contribution is 2.29. The number of hydrogen-bond acceptors (Lipinski definition) is 4. The van der Waals surface area contributed by atoms with E-state index in [1.807, 2.05) is 29.7 Å². The fourth-order valence-electron chi connectivity index (χ4n) is 2.45. The Balaban J connectivity index is 2.17. The van der Waals surface area contributed by atoms with E-state index in [1.54, 1.807) is 0 Å². The lowest BCUT2D eigenvalue weighted by atomic mass is 10.0. The molecule has 4 nitrogen and oxygen atoms in total. The first kappa shape index (κ1) is 12.9. The van der Waals surface area contributed by atoms with Crippen molar-refractivity contribution in [1.29, 1.82) is 0 Å². The van der Waals surface area contributed by atoms with Gasteiger partial charge in [0.2, 0.25) is 0 Å². The largest absolute Gasteiger partial charge is 0.329 e. The highest BCUT2D eigenvalue weighted by atomic mass is 32.2. The van der Waals surface area contributed by atoms with E-state index in [1.165, 1.54) is 29.2 Å². The van der Waals surface area contributed by atoms with E-state index in [4.69, 9.17) is 5.73 Å². The first-order valence-corrected chi connectivity index (χ1v) is 7.29. The Morgan fingerprint density at radius 2 is 2.47 bits per heavy atom. The van der Waals surface area contributed by atoms with Crippen molar-refractivity contribution in [3.05, 3.63) is 17.5 Å². The molecule has 0 amide bonds.